The van der Waals surface area contributed by atoms with Gasteiger partial charge < -0.3 is 5.32 Å². The van der Waals surface area contributed by atoms with Crippen LogP contribution in [0.5, 0.6) is 0 Å². The van der Waals surface area contributed by atoms with Crippen LogP contribution in [0.2, 0.25) is 5.02 Å². The monoisotopic (exact) mass is 251 g/mol. The highest BCUT2D eigenvalue weighted by atomic mass is 35.5. The third kappa shape index (κ3) is 3.64. The molecule has 2 heteroatoms. The largest absolute Gasteiger partial charge is 0.384 e. The maximum absolute atomic E-state index is 6.21. The molecule has 1 aliphatic carbocycles. The quantitative estimate of drug-likeness (QED) is 0.807. The van der Waals surface area contributed by atoms with E-state index in [-0.39, 0.29) is 0 Å². The summed E-state index contributed by atoms with van der Waals surface area (Å²) in [5.74, 6) is 1.71. The van der Waals surface area contributed by atoms with Crippen LogP contribution in [0.4, 0.5) is 5.69 Å². The first-order valence-electron chi connectivity index (χ1n) is 6.65. The van der Waals surface area contributed by atoms with Crippen molar-refractivity contribution in [1.82, 2.24) is 0 Å². The Hall–Kier alpha value is -0.690. The second-order valence-electron chi connectivity index (χ2n) is 5.50. The lowest BCUT2D eigenvalue weighted by Gasteiger charge is -2.27. The van der Waals surface area contributed by atoms with Gasteiger partial charge in [0.2, 0.25) is 0 Å². The molecule has 0 aliphatic heterocycles. The van der Waals surface area contributed by atoms with Gasteiger partial charge in [-0.25, -0.2) is 0 Å². The molecule has 1 aliphatic rings. The van der Waals surface area contributed by atoms with Crippen LogP contribution in [0.15, 0.2) is 18.2 Å². The molecule has 1 nitrogen and oxygen atoms in total. The van der Waals surface area contributed by atoms with Crippen LogP contribution in [0.25, 0.3) is 0 Å². The van der Waals surface area contributed by atoms with E-state index in [2.05, 4.69) is 31.3 Å². The molecule has 17 heavy (non-hydrogen) atoms. The minimum absolute atomic E-state index is 0.816. The minimum atomic E-state index is 0.816. The topological polar surface area (TPSA) is 12.0 Å². The zero-order chi connectivity index (χ0) is 12.3. The fraction of sp³-hybridized carbons (Fsp3) is 0.600. The highest BCUT2D eigenvalue weighted by Crippen LogP contribution is 2.29. The molecule has 0 spiro atoms. The summed E-state index contributed by atoms with van der Waals surface area (Å²) in [7, 11) is 0. The number of hydrogen-bond acceptors (Lipinski definition) is 1. The molecule has 2 rings (SSSR count). The lowest BCUT2D eigenvalue weighted by molar-refractivity contribution is 0.293. The van der Waals surface area contributed by atoms with Crippen molar-refractivity contribution in [3.63, 3.8) is 0 Å². The van der Waals surface area contributed by atoms with E-state index in [4.69, 9.17) is 11.6 Å². The standard InChI is InChI=1S/C15H22ClN/c1-11-4-3-5-13(8-11)10-17-15-7-6-12(2)9-14(15)16/h6-7,9,11,13,17H,3-5,8,10H2,1-2H3. The summed E-state index contributed by atoms with van der Waals surface area (Å²) in [4.78, 5) is 0. The summed E-state index contributed by atoms with van der Waals surface area (Å²) in [6.45, 7) is 5.50. The SMILES string of the molecule is Cc1ccc(NCC2CCCC(C)C2)c(Cl)c1. The number of nitrogens with one attached hydrogen (secondary N) is 1. The highest BCUT2D eigenvalue weighted by molar-refractivity contribution is 6.33. The Bertz CT molecular complexity index is 375. The predicted molar refractivity (Wildman–Crippen MR) is 75.8 cm³/mol. The number of hydrogen-bond donors (Lipinski definition) is 1. The Kier molecular flexibility index (Phi) is 4.33. The first kappa shape index (κ1) is 12.8. The summed E-state index contributed by atoms with van der Waals surface area (Å²) in [6, 6.07) is 6.22. The fourth-order valence-electron chi connectivity index (χ4n) is 2.76. The van der Waals surface area contributed by atoms with Crippen LogP contribution in [0.3, 0.4) is 0 Å². The Labute approximate surface area is 110 Å². The van der Waals surface area contributed by atoms with Crippen molar-refractivity contribution in [2.24, 2.45) is 11.8 Å². The Morgan fingerprint density at radius 2 is 2.18 bits per heavy atom. The van der Waals surface area contributed by atoms with Crippen molar-refractivity contribution in [1.29, 1.82) is 0 Å². The molecule has 0 radical (unpaired) electrons. The second kappa shape index (κ2) is 5.77. The van der Waals surface area contributed by atoms with Gasteiger partial charge in [-0.2, -0.15) is 0 Å². The van der Waals surface area contributed by atoms with Gasteiger partial charge in [0.1, 0.15) is 0 Å². The lowest BCUT2D eigenvalue weighted by Crippen LogP contribution is -2.21. The lowest BCUT2D eigenvalue weighted by atomic mass is 9.82. The van der Waals surface area contributed by atoms with Crippen molar-refractivity contribution in [2.45, 2.75) is 39.5 Å². The number of anilines is 1. The molecule has 1 N–H and O–H groups in total. The molecule has 94 valence electrons. The van der Waals surface area contributed by atoms with Crippen LogP contribution < -0.4 is 5.32 Å². The van der Waals surface area contributed by atoms with E-state index < -0.39 is 0 Å². The summed E-state index contributed by atoms with van der Waals surface area (Å²) in [5.41, 5.74) is 2.29. The van der Waals surface area contributed by atoms with E-state index in [1.54, 1.807) is 0 Å². The van der Waals surface area contributed by atoms with Crippen LogP contribution >= 0.6 is 11.6 Å². The van der Waals surface area contributed by atoms with Crippen LogP contribution in [0.1, 0.15) is 38.2 Å². The van der Waals surface area contributed by atoms with Gasteiger partial charge in [-0.1, -0.05) is 37.4 Å². The first-order chi connectivity index (χ1) is 8.15. The van der Waals surface area contributed by atoms with Crippen LogP contribution in [-0.2, 0) is 0 Å². The smallest absolute Gasteiger partial charge is 0.0640 e. The van der Waals surface area contributed by atoms with Gasteiger partial charge in [0.15, 0.2) is 0 Å². The van der Waals surface area contributed by atoms with Gasteiger partial charge >= 0.3 is 0 Å². The van der Waals surface area contributed by atoms with E-state index in [0.717, 1.165) is 29.1 Å². The zero-order valence-corrected chi connectivity index (χ0v) is 11.6. The minimum Gasteiger partial charge on any atom is -0.384 e. The first-order valence-corrected chi connectivity index (χ1v) is 7.03. The third-order valence-electron chi connectivity index (χ3n) is 3.75. The molecule has 0 amide bonds. The molecule has 0 saturated heterocycles. The fourth-order valence-corrected chi connectivity index (χ4v) is 3.06. The van der Waals surface area contributed by atoms with Crippen molar-refractivity contribution in [3.05, 3.63) is 28.8 Å². The number of halogens is 1. The Morgan fingerprint density at radius 3 is 2.88 bits per heavy atom. The molecule has 1 aromatic carbocycles. The summed E-state index contributed by atoms with van der Waals surface area (Å²) in [6.07, 6.45) is 5.51. The summed E-state index contributed by atoms with van der Waals surface area (Å²) in [5, 5.41) is 4.34. The van der Waals surface area contributed by atoms with E-state index in [0.29, 0.717) is 0 Å². The molecule has 2 unspecified atom stereocenters. The molecule has 1 aromatic rings. The maximum atomic E-state index is 6.21. The predicted octanol–water partition coefficient (Wildman–Crippen LogP) is 4.89. The van der Waals surface area contributed by atoms with Crippen molar-refractivity contribution < 1.29 is 0 Å². The van der Waals surface area contributed by atoms with E-state index in [9.17, 15) is 0 Å². The summed E-state index contributed by atoms with van der Waals surface area (Å²) < 4.78 is 0. The van der Waals surface area contributed by atoms with Gasteiger partial charge in [0.25, 0.3) is 0 Å². The van der Waals surface area contributed by atoms with Gasteiger partial charge in [0, 0.05) is 6.54 Å². The molecule has 0 heterocycles. The average molecular weight is 252 g/mol. The maximum Gasteiger partial charge on any atom is 0.0640 e. The normalized spacial score (nSPS) is 24.6. The van der Waals surface area contributed by atoms with Crippen molar-refractivity contribution >= 4 is 17.3 Å². The number of benzene rings is 1. The number of aryl methyl sites for hydroxylation is 1. The molecule has 0 bridgehead atoms. The Balaban J connectivity index is 1.88. The molecule has 0 aromatic heterocycles. The van der Waals surface area contributed by atoms with E-state index >= 15 is 0 Å². The highest BCUT2D eigenvalue weighted by Gasteiger charge is 2.18. The molecular weight excluding hydrogens is 230 g/mol. The van der Waals surface area contributed by atoms with Gasteiger partial charge in [-0.3, -0.25) is 0 Å². The van der Waals surface area contributed by atoms with Crippen molar-refractivity contribution in [3.8, 4) is 0 Å². The van der Waals surface area contributed by atoms with Crippen LogP contribution in [-0.4, -0.2) is 6.54 Å². The van der Waals surface area contributed by atoms with Gasteiger partial charge in [-0.15, -0.1) is 0 Å². The average Bonchev–Trinajstić information content (AvgIpc) is 2.28. The molecule has 1 fully saturated rings. The van der Waals surface area contributed by atoms with Gasteiger partial charge in [-0.05, 0) is 49.3 Å². The van der Waals surface area contributed by atoms with E-state index in [1.165, 1.54) is 31.2 Å². The Morgan fingerprint density at radius 1 is 1.35 bits per heavy atom. The zero-order valence-electron chi connectivity index (χ0n) is 10.8. The van der Waals surface area contributed by atoms with E-state index in [1.807, 2.05) is 6.07 Å². The second-order valence-corrected chi connectivity index (χ2v) is 5.91. The molecule has 2 atom stereocenters. The molecular formula is C15H22ClN. The van der Waals surface area contributed by atoms with Crippen molar-refractivity contribution in [2.75, 3.05) is 11.9 Å². The molecule has 1 saturated carbocycles. The summed E-state index contributed by atoms with van der Waals surface area (Å²) >= 11 is 6.21. The van der Waals surface area contributed by atoms with Gasteiger partial charge in [0.05, 0.1) is 10.7 Å². The third-order valence-corrected chi connectivity index (χ3v) is 4.06. The number of rotatable bonds is 3. The van der Waals surface area contributed by atoms with Crippen LogP contribution in [0, 0.1) is 18.8 Å².